The minimum Gasteiger partial charge on any atom is -0.374 e. The van der Waals surface area contributed by atoms with Crippen LogP contribution in [0.2, 0.25) is 0 Å². The number of thiophene rings is 1. The first-order valence-electron chi connectivity index (χ1n) is 6.49. The molecule has 2 heterocycles. The molecule has 0 spiro atoms. The van der Waals surface area contributed by atoms with Crippen molar-refractivity contribution in [3.8, 4) is 10.6 Å². The summed E-state index contributed by atoms with van der Waals surface area (Å²) in [5, 5.41) is 3.24. The zero-order chi connectivity index (χ0) is 13.7. The van der Waals surface area contributed by atoms with Gasteiger partial charge in [-0.25, -0.2) is 9.97 Å². The van der Waals surface area contributed by atoms with Gasteiger partial charge in [0.05, 0.1) is 10.6 Å². The second-order valence-electron chi connectivity index (χ2n) is 4.13. The van der Waals surface area contributed by atoms with Crippen LogP contribution < -0.4 is 5.32 Å². The Hall–Kier alpha value is -1.46. The highest BCUT2D eigenvalue weighted by molar-refractivity contribution is 7.15. The molecule has 0 fully saturated rings. The zero-order valence-electron chi connectivity index (χ0n) is 11.6. The molecule has 0 saturated carbocycles. The van der Waals surface area contributed by atoms with Crippen molar-refractivity contribution in [2.45, 2.75) is 27.4 Å². The van der Waals surface area contributed by atoms with E-state index in [-0.39, 0.29) is 0 Å². The van der Waals surface area contributed by atoms with Gasteiger partial charge in [0.25, 0.3) is 0 Å². The van der Waals surface area contributed by atoms with E-state index in [9.17, 15) is 0 Å². The molecule has 5 heteroatoms. The van der Waals surface area contributed by atoms with E-state index in [1.807, 2.05) is 13.0 Å². The van der Waals surface area contributed by atoms with Crippen LogP contribution in [0, 0.1) is 6.92 Å². The Labute approximate surface area is 117 Å². The summed E-state index contributed by atoms with van der Waals surface area (Å²) in [5.41, 5.74) is 0.957. The molecule has 0 aliphatic heterocycles. The van der Waals surface area contributed by atoms with Crippen molar-refractivity contribution in [2.24, 2.45) is 0 Å². The molecule has 102 valence electrons. The number of hydrogen-bond acceptors (Lipinski definition) is 5. The Morgan fingerprint density at radius 2 is 2.11 bits per heavy atom. The van der Waals surface area contributed by atoms with Crippen LogP contribution in [-0.4, -0.2) is 23.1 Å². The van der Waals surface area contributed by atoms with Gasteiger partial charge in [-0.3, -0.25) is 0 Å². The maximum Gasteiger partial charge on any atom is 0.157 e. The average Bonchev–Trinajstić information content (AvgIpc) is 2.83. The third-order valence-electron chi connectivity index (χ3n) is 2.56. The highest BCUT2D eigenvalue weighted by Crippen LogP contribution is 2.27. The molecule has 0 saturated heterocycles. The van der Waals surface area contributed by atoms with Gasteiger partial charge in [0.15, 0.2) is 5.82 Å². The van der Waals surface area contributed by atoms with Gasteiger partial charge in [-0.2, -0.15) is 0 Å². The first-order valence-corrected chi connectivity index (χ1v) is 7.31. The Balaban J connectivity index is 2.33. The van der Waals surface area contributed by atoms with Crippen LogP contribution in [-0.2, 0) is 11.3 Å². The second kappa shape index (κ2) is 6.63. The molecule has 0 amide bonds. The number of nitrogens with one attached hydrogen (secondary N) is 1. The van der Waals surface area contributed by atoms with E-state index >= 15 is 0 Å². The van der Waals surface area contributed by atoms with E-state index in [0.717, 1.165) is 28.8 Å². The van der Waals surface area contributed by atoms with E-state index < -0.39 is 0 Å². The number of rotatable bonds is 6. The minimum absolute atomic E-state index is 0.451. The fourth-order valence-electron chi connectivity index (χ4n) is 1.73. The predicted octanol–water partition coefficient (Wildman–Crippen LogP) is 3.48. The smallest absolute Gasteiger partial charge is 0.157 e. The number of anilines is 1. The molecule has 0 unspecified atom stereocenters. The third-order valence-corrected chi connectivity index (χ3v) is 3.58. The summed E-state index contributed by atoms with van der Waals surface area (Å²) in [4.78, 5) is 11.5. The van der Waals surface area contributed by atoms with E-state index in [0.29, 0.717) is 13.2 Å². The largest absolute Gasteiger partial charge is 0.374 e. The molecule has 2 aromatic heterocycles. The fourth-order valence-corrected chi connectivity index (χ4v) is 2.55. The van der Waals surface area contributed by atoms with Crippen molar-refractivity contribution in [3.05, 3.63) is 28.9 Å². The van der Waals surface area contributed by atoms with Gasteiger partial charge >= 0.3 is 0 Å². The van der Waals surface area contributed by atoms with Crippen LogP contribution in [0.5, 0.6) is 0 Å². The average molecular weight is 277 g/mol. The van der Waals surface area contributed by atoms with Crippen LogP contribution >= 0.6 is 11.3 Å². The van der Waals surface area contributed by atoms with Gasteiger partial charge in [-0.1, -0.05) is 0 Å². The Kier molecular flexibility index (Phi) is 4.87. The first kappa shape index (κ1) is 14.0. The van der Waals surface area contributed by atoms with Crippen molar-refractivity contribution in [1.82, 2.24) is 9.97 Å². The third kappa shape index (κ3) is 3.75. The van der Waals surface area contributed by atoms with Gasteiger partial charge in [-0.15, -0.1) is 11.3 Å². The van der Waals surface area contributed by atoms with E-state index in [1.165, 1.54) is 4.88 Å². The first-order chi connectivity index (χ1) is 9.22. The highest BCUT2D eigenvalue weighted by atomic mass is 32.1. The van der Waals surface area contributed by atoms with E-state index in [1.54, 1.807) is 11.3 Å². The lowest BCUT2D eigenvalue weighted by Gasteiger charge is -2.08. The summed E-state index contributed by atoms with van der Waals surface area (Å²) in [5.74, 6) is 1.58. The lowest BCUT2D eigenvalue weighted by molar-refractivity contribution is 0.128. The van der Waals surface area contributed by atoms with Crippen molar-refractivity contribution in [1.29, 1.82) is 0 Å². The van der Waals surface area contributed by atoms with Crippen molar-refractivity contribution in [3.63, 3.8) is 0 Å². The molecule has 0 aromatic carbocycles. The quantitative estimate of drug-likeness (QED) is 0.878. The normalized spacial score (nSPS) is 10.7. The standard InChI is InChI=1S/C14H19N3OS/c1-4-15-13-8-11(12-7-6-10(3)19-12)16-14(17-13)9-18-5-2/h6-8H,4-5,9H2,1-3H3,(H,15,16,17). The van der Waals surface area contributed by atoms with Gasteiger partial charge in [-0.05, 0) is 32.9 Å². The van der Waals surface area contributed by atoms with E-state index in [2.05, 4.69) is 41.3 Å². The maximum atomic E-state index is 5.40. The van der Waals surface area contributed by atoms with E-state index in [4.69, 9.17) is 4.74 Å². The maximum absolute atomic E-state index is 5.40. The minimum atomic E-state index is 0.451. The zero-order valence-corrected chi connectivity index (χ0v) is 12.4. The molecule has 0 aliphatic carbocycles. The molecule has 0 aliphatic rings. The van der Waals surface area contributed by atoms with Gasteiger partial charge < -0.3 is 10.1 Å². The van der Waals surface area contributed by atoms with Crippen LogP contribution in [0.25, 0.3) is 10.6 Å². The molecule has 2 aromatic rings. The molecular weight excluding hydrogens is 258 g/mol. The Morgan fingerprint density at radius 3 is 2.74 bits per heavy atom. The van der Waals surface area contributed by atoms with Gasteiger partial charge in [0, 0.05) is 24.1 Å². The molecule has 0 radical (unpaired) electrons. The highest BCUT2D eigenvalue weighted by Gasteiger charge is 2.08. The lowest BCUT2D eigenvalue weighted by Crippen LogP contribution is -2.05. The SMILES string of the molecule is CCNc1cc(-c2ccc(C)s2)nc(COCC)n1. The van der Waals surface area contributed by atoms with Crippen LogP contribution in [0.15, 0.2) is 18.2 Å². The second-order valence-corrected chi connectivity index (χ2v) is 5.42. The summed E-state index contributed by atoms with van der Waals surface area (Å²) < 4.78 is 5.40. The predicted molar refractivity (Wildman–Crippen MR) is 79.6 cm³/mol. The lowest BCUT2D eigenvalue weighted by atomic mass is 10.3. The number of aryl methyl sites for hydroxylation is 1. The fraction of sp³-hybridized carbons (Fsp3) is 0.429. The van der Waals surface area contributed by atoms with Gasteiger partial charge in [0.1, 0.15) is 12.4 Å². The molecular formula is C14H19N3OS. The summed E-state index contributed by atoms with van der Waals surface area (Å²) in [6, 6.07) is 6.20. The Bertz CT molecular complexity index is 539. The topological polar surface area (TPSA) is 47.0 Å². The molecule has 1 N–H and O–H groups in total. The summed E-state index contributed by atoms with van der Waals surface area (Å²) in [7, 11) is 0. The number of nitrogens with zero attached hydrogens (tertiary/aromatic N) is 2. The number of ether oxygens (including phenoxy) is 1. The summed E-state index contributed by atoms with van der Waals surface area (Å²) in [6.07, 6.45) is 0. The van der Waals surface area contributed by atoms with Crippen LogP contribution in [0.3, 0.4) is 0 Å². The number of aromatic nitrogens is 2. The number of hydrogen-bond donors (Lipinski definition) is 1. The molecule has 0 atom stereocenters. The summed E-state index contributed by atoms with van der Waals surface area (Å²) in [6.45, 7) is 8.09. The molecule has 2 rings (SSSR count). The van der Waals surface area contributed by atoms with Crippen LogP contribution in [0.1, 0.15) is 24.5 Å². The van der Waals surface area contributed by atoms with Crippen LogP contribution in [0.4, 0.5) is 5.82 Å². The van der Waals surface area contributed by atoms with Gasteiger partial charge in [0.2, 0.25) is 0 Å². The Morgan fingerprint density at radius 1 is 1.26 bits per heavy atom. The molecule has 19 heavy (non-hydrogen) atoms. The monoisotopic (exact) mass is 277 g/mol. The molecule has 0 bridgehead atoms. The van der Waals surface area contributed by atoms with Crippen molar-refractivity contribution in [2.75, 3.05) is 18.5 Å². The summed E-state index contributed by atoms with van der Waals surface area (Å²) >= 11 is 1.74. The van der Waals surface area contributed by atoms with Crippen molar-refractivity contribution < 1.29 is 4.74 Å². The molecule has 4 nitrogen and oxygen atoms in total. The van der Waals surface area contributed by atoms with Crippen molar-refractivity contribution >= 4 is 17.2 Å².